The largest absolute Gasteiger partial charge is 0.394 e. The lowest BCUT2D eigenvalue weighted by Crippen LogP contribution is -2.26. The third-order valence-electron chi connectivity index (χ3n) is 6.48. The number of benzene rings is 2. The Hall–Kier alpha value is -3.75. The molecule has 1 aliphatic rings. The van der Waals surface area contributed by atoms with Gasteiger partial charge in [-0.1, -0.05) is 23.7 Å². The third kappa shape index (κ3) is 3.94. The van der Waals surface area contributed by atoms with Crippen LogP contribution in [0, 0.1) is 5.82 Å². The number of aromatic amines is 1. The van der Waals surface area contributed by atoms with Gasteiger partial charge >= 0.3 is 0 Å². The highest BCUT2D eigenvalue weighted by Crippen LogP contribution is 2.36. The standard InChI is InChI=1S/C26H21ClFN5O2/c27-21-10-17(1-5-22(21)28)24(14-34)32-8-7-16(11-25(32)35)15-2-6-23-20(9-15)26(31-30-23)18-12-29-33(13-18)19-3-4-19/h1-2,5-13,19,24,34H,3-4,14H2,(H,30,31)/t24-/m1/s1. The molecule has 1 fully saturated rings. The molecule has 3 aromatic heterocycles. The van der Waals surface area contributed by atoms with E-state index in [0.29, 0.717) is 11.6 Å². The van der Waals surface area contributed by atoms with E-state index >= 15 is 0 Å². The highest BCUT2D eigenvalue weighted by atomic mass is 35.5. The van der Waals surface area contributed by atoms with Gasteiger partial charge in [0.2, 0.25) is 0 Å². The lowest BCUT2D eigenvalue weighted by atomic mass is 10.0. The van der Waals surface area contributed by atoms with Crippen molar-refractivity contribution < 1.29 is 9.50 Å². The van der Waals surface area contributed by atoms with Crippen molar-refractivity contribution in [1.82, 2.24) is 24.5 Å². The normalized spacial score (nSPS) is 14.5. The Labute approximate surface area is 204 Å². The molecule has 0 saturated heterocycles. The van der Waals surface area contributed by atoms with Crippen LogP contribution in [0.3, 0.4) is 0 Å². The molecule has 0 spiro atoms. The summed E-state index contributed by atoms with van der Waals surface area (Å²) in [5.41, 5.74) is 4.51. The highest BCUT2D eigenvalue weighted by Gasteiger charge is 2.25. The molecule has 176 valence electrons. The lowest BCUT2D eigenvalue weighted by Gasteiger charge is -2.19. The van der Waals surface area contributed by atoms with Gasteiger partial charge in [-0.25, -0.2) is 4.39 Å². The first-order chi connectivity index (χ1) is 17.0. The molecule has 9 heteroatoms. The van der Waals surface area contributed by atoms with Crippen LogP contribution >= 0.6 is 11.6 Å². The first kappa shape index (κ1) is 21.8. The molecule has 7 nitrogen and oxygen atoms in total. The fourth-order valence-electron chi connectivity index (χ4n) is 4.41. The third-order valence-corrected chi connectivity index (χ3v) is 6.77. The number of aliphatic hydroxyl groups excluding tert-OH is 1. The summed E-state index contributed by atoms with van der Waals surface area (Å²) in [6.07, 6.45) is 7.80. The second-order valence-electron chi connectivity index (χ2n) is 8.81. The Kier molecular flexibility index (Phi) is 5.27. The van der Waals surface area contributed by atoms with Gasteiger partial charge in [0.05, 0.1) is 35.4 Å². The van der Waals surface area contributed by atoms with Crippen LogP contribution in [0.1, 0.15) is 30.5 Å². The molecule has 2 N–H and O–H groups in total. The van der Waals surface area contributed by atoms with Crippen molar-refractivity contribution in [3.05, 3.63) is 93.9 Å². The lowest BCUT2D eigenvalue weighted by molar-refractivity contribution is 0.247. The maximum atomic E-state index is 13.6. The minimum atomic E-state index is -0.680. The molecule has 1 saturated carbocycles. The molecule has 0 aliphatic heterocycles. The maximum absolute atomic E-state index is 13.6. The van der Waals surface area contributed by atoms with E-state index in [2.05, 4.69) is 15.3 Å². The van der Waals surface area contributed by atoms with Gasteiger partial charge in [0.15, 0.2) is 0 Å². The van der Waals surface area contributed by atoms with E-state index in [4.69, 9.17) is 11.6 Å². The molecule has 0 unspecified atom stereocenters. The SMILES string of the molecule is O=c1cc(-c2ccc3[nH]nc(-c4cnn(C5CC5)c4)c3c2)ccn1[C@H](CO)c1ccc(F)c(Cl)c1. The average Bonchev–Trinajstić information content (AvgIpc) is 3.44. The predicted molar refractivity (Wildman–Crippen MR) is 132 cm³/mol. The van der Waals surface area contributed by atoms with E-state index in [1.165, 1.54) is 28.8 Å². The average molecular weight is 490 g/mol. The van der Waals surface area contributed by atoms with Gasteiger partial charge in [0.25, 0.3) is 5.56 Å². The van der Waals surface area contributed by atoms with Crippen molar-refractivity contribution in [2.24, 2.45) is 0 Å². The fourth-order valence-corrected chi connectivity index (χ4v) is 4.60. The number of fused-ring (bicyclic) bond motifs is 1. The number of aliphatic hydroxyl groups is 1. The van der Waals surface area contributed by atoms with Crippen LogP contribution in [0.15, 0.2) is 71.9 Å². The first-order valence-corrected chi connectivity index (χ1v) is 11.7. The first-order valence-electron chi connectivity index (χ1n) is 11.3. The minimum Gasteiger partial charge on any atom is -0.394 e. The molecule has 1 aliphatic carbocycles. The number of aromatic nitrogens is 5. The molecular formula is C26H21ClFN5O2. The van der Waals surface area contributed by atoms with Gasteiger partial charge in [-0.3, -0.25) is 14.6 Å². The van der Waals surface area contributed by atoms with Gasteiger partial charge in [0.1, 0.15) is 11.5 Å². The highest BCUT2D eigenvalue weighted by molar-refractivity contribution is 6.30. The quantitative estimate of drug-likeness (QED) is 0.352. The van der Waals surface area contributed by atoms with Crippen LogP contribution < -0.4 is 5.56 Å². The number of nitrogens with zero attached hydrogens (tertiary/aromatic N) is 4. The van der Waals surface area contributed by atoms with E-state index in [1.807, 2.05) is 41.3 Å². The number of halogens is 2. The van der Waals surface area contributed by atoms with Gasteiger partial charge in [-0.15, -0.1) is 0 Å². The van der Waals surface area contributed by atoms with Gasteiger partial charge in [-0.2, -0.15) is 10.2 Å². The van der Waals surface area contributed by atoms with Gasteiger partial charge < -0.3 is 9.67 Å². The number of hydrogen-bond donors (Lipinski definition) is 2. The van der Waals surface area contributed by atoms with E-state index in [1.54, 1.807) is 6.20 Å². The molecule has 0 radical (unpaired) electrons. The molecule has 6 rings (SSSR count). The van der Waals surface area contributed by atoms with Crippen molar-refractivity contribution in [2.45, 2.75) is 24.9 Å². The van der Waals surface area contributed by atoms with Crippen molar-refractivity contribution in [3.63, 3.8) is 0 Å². The Morgan fingerprint density at radius 2 is 1.94 bits per heavy atom. The van der Waals surface area contributed by atoms with Crippen molar-refractivity contribution in [1.29, 1.82) is 0 Å². The summed E-state index contributed by atoms with van der Waals surface area (Å²) in [6.45, 7) is -0.333. The van der Waals surface area contributed by atoms with Crippen LogP contribution in [0.2, 0.25) is 5.02 Å². The predicted octanol–water partition coefficient (Wildman–Crippen LogP) is 4.96. The van der Waals surface area contributed by atoms with Crippen molar-refractivity contribution in [3.8, 4) is 22.4 Å². The molecule has 2 aromatic carbocycles. The summed E-state index contributed by atoms with van der Waals surface area (Å²) in [4.78, 5) is 13.0. The fraction of sp³-hybridized carbons (Fsp3) is 0.192. The molecule has 3 heterocycles. The molecular weight excluding hydrogens is 469 g/mol. The topological polar surface area (TPSA) is 88.7 Å². The number of rotatable bonds is 6. The summed E-state index contributed by atoms with van der Waals surface area (Å²) in [7, 11) is 0. The summed E-state index contributed by atoms with van der Waals surface area (Å²) in [6, 6.07) is 13.2. The molecule has 5 aromatic rings. The van der Waals surface area contributed by atoms with Crippen molar-refractivity contribution >= 4 is 22.5 Å². The van der Waals surface area contributed by atoms with E-state index in [-0.39, 0.29) is 17.2 Å². The Bertz CT molecular complexity index is 1620. The Balaban J connectivity index is 1.36. The Morgan fingerprint density at radius 3 is 2.69 bits per heavy atom. The number of hydrogen-bond acceptors (Lipinski definition) is 4. The molecule has 1 atom stereocenters. The monoisotopic (exact) mass is 489 g/mol. The zero-order valence-corrected chi connectivity index (χ0v) is 19.3. The smallest absolute Gasteiger partial charge is 0.251 e. The summed E-state index contributed by atoms with van der Waals surface area (Å²) in [5.74, 6) is -0.552. The maximum Gasteiger partial charge on any atom is 0.251 e. The molecule has 35 heavy (non-hydrogen) atoms. The van der Waals surface area contributed by atoms with Crippen LogP contribution in [0.25, 0.3) is 33.3 Å². The van der Waals surface area contributed by atoms with Crippen LogP contribution in [-0.4, -0.2) is 36.3 Å². The van der Waals surface area contributed by atoms with E-state index in [9.17, 15) is 14.3 Å². The van der Waals surface area contributed by atoms with Crippen LogP contribution in [0.4, 0.5) is 4.39 Å². The van der Waals surface area contributed by atoms with E-state index in [0.717, 1.165) is 46.1 Å². The minimum absolute atomic E-state index is 0.0579. The zero-order chi connectivity index (χ0) is 24.1. The summed E-state index contributed by atoms with van der Waals surface area (Å²) < 4.78 is 17.0. The summed E-state index contributed by atoms with van der Waals surface area (Å²) >= 11 is 5.91. The Morgan fingerprint density at radius 1 is 1.11 bits per heavy atom. The molecule has 0 bridgehead atoms. The second-order valence-corrected chi connectivity index (χ2v) is 9.21. The number of nitrogens with one attached hydrogen (secondary N) is 1. The van der Waals surface area contributed by atoms with Crippen LogP contribution in [0.5, 0.6) is 0 Å². The molecule has 0 amide bonds. The van der Waals surface area contributed by atoms with Crippen LogP contribution in [-0.2, 0) is 0 Å². The second kappa shape index (κ2) is 8.48. The number of pyridine rings is 1. The van der Waals surface area contributed by atoms with Gasteiger partial charge in [-0.05, 0) is 59.9 Å². The zero-order valence-electron chi connectivity index (χ0n) is 18.5. The number of H-pyrrole nitrogens is 1. The van der Waals surface area contributed by atoms with Crippen molar-refractivity contribution in [2.75, 3.05) is 6.61 Å². The van der Waals surface area contributed by atoms with Gasteiger partial charge in [0, 0.05) is 29.4 Å². The van der Waals surface area contributed by atoms with E-state index < -0.39 is 11.9 Å². The summed E-state index contributed by atoms with van der Waals surface area (Å²) in [5, 5.41) is 22.9.